The highest BCUT2D eigenvalue weighted by atomic mass is 16.5. The molecule has 2 rings (SSSR count). The molecule has 2 aromatic rings. The Morgan fingerprint density at radius 1 is 1.33 bits per heavy atom. The number of hydrogen-bond acceptors (Lipinski definition) is 4. The minimum absolute atomic E-state index is 0.244. The van der Waals surface area contributed by atoms with Crippen LogP contribution in [0.5, 0.6) is 5.75 Å². The van der Waals surface area contributed by atoms with Crippen LogP contribution in [0.15, 0.2) is 36.5 Å². The van der Waals surface area contributed by atoms with Gasteiger partial charge < -0.3 is 9.47 Å². The number of esters is 1. The van der Waals surface area contributed by atoms with E-state index in [-0.39, 0.29) is 12.4 Å². The number of pyridine rings is 1. The predicted octanol–water partition coefficient (Wildman–Crippen LogP) is 2.57. The Kier molecular flexibility index (Phi) is 4.12. The monoisotopic (exact) mass is 245 g/mol. The summed E-state index contributed by atoms with van der Waals surface area (Å²) in [5.41, 5.74) is 0.926. The van der Waals surface area contributed by atoms with Gasteiger partial charge in [-0.1, -0.05) is 18.2 Å². The number of carbonyl (C=O) groups is 1. The van der Waals surface area contributed by atoms with Crippen LogP contribution in [0.1, 0.15) is 13.3 Å². The van der Waals surface area contributed by atoms with Crippen LogP contribution in [0.2, 0.25) is 0 Å². The lowest BCUT2D eigenvalue weighted by Gasteiger charge is -2.06. The minimum Gasteiger partial charge on any atom is -0.491 e. The molecule has 4 heteroatoms. The van der Waals surface area contributed by atoms with Crippen LogP contribution in [0.3, 0.4) is 0 Å². The maximum Gasteiger partial charge on any atom is 0.309 e. The lowest BCUT2D eigenvalue weighted by Crippen LogP contribution is -2.09. The highest BCUT2D eigenvalue weighted by molar-refractivity contribution is 5.79. The molecule has 0 fully saturated rings. The first-order chi connectivity index (χ1) is 8.79. The molecule has 94 valence electrons. The number of fused-ring (bicyclic) bond motifs is 1. The van der Waals surface area contributed by atoms with Crippen molar-refractivity contribution in [3.05, 3.63) is 36.5 Å². The lowest BCUT2D eigenvalue weighted by atomic mass is 10.2. The SMILES string of the molecule is CCOC(=O)CCOc1cnc2ccccc2c1. The molecule has 0 radical (unpaired) electrons. The van der Waals surface area contributed by atoms with Crippen molar-refractivity contribution in [2.45, 2.75) is 13.3 Å². The van der Waals surface area contributed by atoms with Gasteiger partial charge in [0.15, 0.2) is 0 Å². The van der Waals surface area contributed by atoms with Gasteiger partial charge in [-0.3, -0.25) is 9.78 Å². The van der Waals surface area contributed by atoms with E-state index in [1.54, 1.807) is 13.1 Å². The average molecular weight is 245 g/mol. The maximum absolute atomic E-state index is 11.1. The molecule has 0 bridgehead atoms. The topological polar surface area (TPSA) is 48.4 Å². The zero-order chi connectivity index (χ0) is 12.8. The minimum atomic E-state index is -0.244. The molecule has 1 heterocycles. The Bertz CT molecular complexity index is 539. The van der Waals surface area contributed by atoms with E-state index in [4.69, 9.17) is 9.47 Å². The van der Waals surface area contributed by atoms with Crippen molar-refractivity contribution in [2.75, 3.05) is 13.2 Å². The van der Waals surface area contributed by atoms with Crippen LogP contribution in [0.25, 0.3) is 10.9 Å². The van der Waals surface area contributed by atoms with Gasteiger partial charge in [0.2, 0.25) is 0 Å². The fraction of sp³-hybridized carbons (Fsp3) is 0.286. The van der Waals surface area contributed by atoms with E-state index in [0.29, 0.717) is 19.0 Å². The first kappa shape index (κ1) is 12.4. The smallest absolute Gasteiger partial charge is 0.309 e. The summed E-state index contributed by atoms with van der Waals surface area (Å²) < 4.78 is 10.3. The predicted molar refractivity (Wildman–Crippen MR) is 68.5 cm³/mol. The number of hydrogen-bond donors (Lipinski definition) is 0. The summed E-state index contributed by atoms with van der Waals surface area (Å²) >= 11 is 0. The van der Waals surface area contributed by atoms with E-state index in [1.807, 2.05) is 30.3 Å². The van der Waals surface area contributed by atoms with Gasteiger partial charge in [0.25, 0.3) is 0 Å². The molecule has 0 spiro atoms. The van der Waals surface area contributed by atoms with Crippen molar-refractivity contribution in [2.24, 2.45) is 0 Å². The summed E-state index contributed by atoms with van der Waals surface area (Å²) in [7, 11) is 0. The van der Waals surface area contributed by atoms with E-state index in [1.165, 1.54) is 0 Å². The van der Waals surface area contributed by atoms with Crippen LogP contribution in [-0.4, -0.2) is 24.2 Å². The molecule has 0 unspecified atom stereocenters. The molecular weight excluding hydrogens is 230 g/mol. The number of aromatic nitrogens is 1. The van der Waals surface area contributed by atoms with Gasteiger partial charge in [-0.25, -0.2) is 0 Å². The van der Waals surface area contributed by atoms with Gasteiger partial charge in [-0.2, -0.15) is 0 Å². The molecule has 0 amide bonds. The summed E-state index contributed by atoms with van der Waals surface area (Å²) in [4.78, 5) is 15.4. The van der Waals surface area contributed by atoms with Crippen LogP contribution in [0, 0.1) is 0 Å². The molecular formula is C14H15NO3. The highest BCUT2D eigenvalue weighted by Crippen LogP contribution is 2.17. The van der Waals surface area contributed by atoms with Crippen LogP contribution in [0.4, 0.5) is 0 Å². The first-order valence-corrected chi connectivity index (χ1v) is 5.93. The maximum atomic E-state index is 11.1. The number of benzene rings is 1. The Balaban J connectivity index is 1.93. The number of nitrogens with zero attached hydrogens (tertiary/aromatic N) is 1. The van der Waals surface area contributed by atoms with Crippen molar-refractivity contribution < 1.29 is 14.3 Å². The van der Waals surface area contributed by atoms with Gasteiger partial charge in [0.05, 0.1) is 31.3 Å². The second-order valence-electron chi connectivity index (χ2n) is 3.77. The van der Waals surface area contributed by atoms with Crippen LogP contribution in [-0.2, 0) is 9.53 Å². The molecule has 0 aliphatic rings. The molecule has 1 aromatic heterocycles. The Morgan fingerprint density at radius 2 is 2.17 bits per heavy atom. The number of carbonyl (C=O) groups excluding carboxylic acids is 1. The summed E-state index contributed by atoms with van der Waals surface area (Å²) in [6.07, 6.45) is 1.91. The average Bonchev–Trinajstić information content (AvgIpc) is 2.39. The molecule has 18 heavy (non-hydrogen) atoms. The first-order valence-electron chi connectivity index (χ1n) is 5.93. The fourth-order valence-electron chi connectivity index (χ4n) is 1.62. The lowest BCUT2D eigenvalue weighted by molar-refractivity contribution is -0.143. The van der Waals surface area contributed by atoms with E-state index < -0.39 is 0 Å². The van der Waals surface area contributed by atoms with Crippen LogP contribution >= 0.6 is 0 Å². The summed E-state index contributed by atoms with van der Waals surface area (Å²) in [5.74, 6) is 0.421. The number of para-hydroxylation sites is 1. The summed E-state index contributed by atoms with van der Waals surface area (Å²) in [5, 5.41) is 1.02. The summed E-state index contributed by atoms with van der Waals surface area (Å²) in [6.45, 7) is 2.49. The van der Waals surface area contributed by atoms with E-state index in [9.17, 15) is 4.79 Å². The quantitative estimate of drug-likeness (QED) is 0.759. The Morgan fingerprint density at radius 3 is 3.00 bits per heavy atom. The second kappa shape index (κ2) is 6.00. The van der Waals surface area contributed by atoms with E-state index >= 15 is 0 Å². The third-order valence-electron chi connectivity index (χ3n) is 2.45. The zero-order valence-electron chi connectivity index (χ0n) is 10.3. The Hall–Kier alpha value is -2.10. The molecule has 0 N–H and O–H groups in total. The largest absolute Gasteiger partial charge is 0.491 e. The third-order valence-corrected chi connectivity index (χ3v) is 2.45. The van der Waals surface area contributed by atoms with Gasteiger partial charge in [0.1, 0.15) is 5.75 Å². The molecule has 0 atom stereocenters. The van der Waals surface area contributed by atoms with Crippen molar-refractivity contribution in [1.82, 2.24) is 4.98 Å². The van der Waals surface area contributed by atoms with Crippen molar-refractivity contribution >= 4 is 16.9 Å². The van der Waals surface area contributed by atoms with Crippen LogP contribution < -0.4 is 4.74 Å². The van der Waals surface area contributed by atoms with Gasteiger partial charge in [0, 0.05) is 5.39 Å². The number of ether oxygens (including phenoxy) is 2. The normalized spacial score (nSPS) is 10.3. The number of rotatable bonds is 5. The fourth-order valence-corrected chi connectivity index (χ4v) is 1.62. The van der Waals surface area contributed by atoms with Crippen molar-refractivity contribution in [3.8, 4) is 5.75 Å². The van der Waals surface area contributed by atoms with Gasteiger partial charge in [-0.05, 0) is 19.1 Å². The molecule has 0 saturated heterocycles. The van der Waals surface area contributed by atoms with E-state index in [0.717, 1.165) is 10.9 Å². The highest BCUT2D eigenvalue weighted by Gasteiger charge is 2.03. The van der Waals surface area contributed by atoms with E-state index in [2.05, 4.69) is 4.98 Å². The second-order valence-corrected chi connectivity index (χ2v) is 3.77. The van der Waals surface area contributed by atoms with Gasteiger partial charge >= 0.3 is 5.97 Å². The Labute approximate surface area is 106 Å². The van der Waals surface area contributed by atoms with Gasteiger partial charge in [-0.15, -0.1) is 0 Å². The molecule has 0 saturated carbocycles. The molecule has 0 aliphatic carbocycles. The van der Waals surface area contributed by atoms with Crippen molar-refractivity contribution in [1.29, 1.82) is 0 Å². The zero-order valence-corrected chi connectivity index (χ0v) is 10.3. The van der Waals surface area contributed by atoms with Crippen molar-refractivity contribution in [3.63, 3.8) is 0 Å². The molecule has 1 aromatic carbocycles. The standard InChI is InChI=1S/C14H15NO3/c1-2-17-14(16)7-8-18-12-9-11-5-3-4-6-13(11)15-10-12/h3-6,9-10H,2,7-8H2,1H3. The third kappa shape index (κ3) is 3.20. The summed E-state index contributed by atoms with van der Waals surface area (Å²) in [6, 6.07) is 9.72. The molecule has 4 nitrogen and oxygen atoms in total. The molecule has 0 aliphatic heterocycles.